The third-order valence-corrected chi connectivity index (χ3v) is 5.15. The minimum atomic E-state index is 0.728. The fraction of sp³-hybridized carbons (Fsp3) is 0.667. The van der Waals surface area contributed by atoms with Crippen molar-refractivity contribution in [1.29, 1.82) is 0 Å². The van der Waals surface area contributed by atoms with Crippen LogP contribution in [0.3, 0.4) is 0 Å². The molecule has 2 heterocycles. The maximum absolute atomic E-state index is 3.81. The molecule has 1 unspecified atom stereocenters. The predicted molar refractivity (Wildman–Crippen MR) is 88.4 cm³/mol. The molecule has 116 valence electrons. The minimum absolute atomic E-state index is 0.728. The lowest BCUT2D eigenvalue weighted by atomic mass is 10.0. The first-order valence-corrected chi connectivity index (χ1v) is 8.51. The van der Waals surface area contributed by atoms with E-state index < -0.39 is 0 Å². The topological polar surface area (TPSA) is 18.5 Å². The van der Waals surface area contributed by atoms with Gasteiger partial charge in [0, 0.05) is 25.2 Å². The molecule has 0 aromatic heterocycles. The second-order valence-electron chi connectivity index (χ2n) is 6.72. The first-order valence-electron chi connectivity index (χ1n) is 8.51. The van der Waals surface area contributed by atoms with Gasteiger partial charge in [-0.15, -0.1) is 0 Å². The van der Waals surface area contributed by atoms with Crippen LogP contribution in [-0.4, -0.2) is 55.1 Å². The van der Waals surface area contributed by atoms with E-state index in [1.807, 2.05) is 0 Å². The van der Waals surface area contributed by atoms with Crippen molar-refractivity contribution in [2.45, 2.75) is 44.3 Å². The Morgan fingerprint density at radius 3 is 2.48 bits per heavy atom. The lowest BCUT2D eigenvalue weighted by molar-refractivity contribution is 0.184. The minimum Gasteiger partial charge on any atom is -0.312 e. The van der Waals surface area contributed by atoms with Crippen molar-refractivity contribution >= 4 is 0 Å². The molecule has 0 radical (unpaired) electrons. The summed E-state index contributed by atoms with van der Waals surface area (Å²) in [6, 6.07) is 12.3. The van der Waals surface area contributed by atoms with Crippen LogP contribution in [0.2, 0.25) is 0 Å². The van der Waals surface area contributed by atoms with Gasteiger partial charge in [0.05, 0.1) is 0 Å². The summed E-state index contributed by atoms with van der Waals surface area (Å²) in [4.78, 5) is 5.10. The van der Waals surface area contributed by atoms with Crippen molar-refractivity contribution in [2.75, 3.05) is 33.2 Å². The van der Waals surface area contributed by atoms with Gasteiger partial charge in [0.2, 0.25) is 0 Å². The summed E-state index contributed by atoms with van der Waals surface area (Å²) in [6.07, 6.45) is 5.33. The number of benzene rings is 1. The van der Waals surface area contributed by atoms with E-state index in [0.717, 1.165) is 18.6 Å². The number of nitrogens with one attached hydrogen (secondary N) is 1. The van der Waals surface area contributed by atoms with Gasteiger partial charge in [-0.3, -0.25) is 4.90 Å². The van der Waals surface area contributed by atoms with Crippen LogP contribution in [0.25, 0.3) is 0 Å². The van der Waals surface area contributed by atoms with Gasteiger partial charge in [-0.25, -0.2) is 0 Å². The fourth-order valence-electron chi connectivity index (χ4n) is 3.68. The largest absolute Gasteiger partial charge is 0.312 e. The van der Waals surface area contributed by atoms with E-state index in [2.05, 4.69) is 52.5 Å². The maximum Gasteiger partial charge on any atom is 0.0233 e. The Balaban J connectivity index is 1.37. The molecule has 0 saturated carbocycles. The molecule has 2 saturated heterocycles. The molecular formula is C18H29N3. The van der Waals surface area contributed by atoms with E-state index in [1.165, 1.54) is 57.4 Å². The third-order valence-electron chi connectivity index (χ3n) is 5.15. The monoisotopic (exact) mass is 287 g/mol. The number of hydrogen-bond donors (Lipinski definition) is 1. The summed E-state index contributed by atoms with van der Waals surface area (Å²) in [5.74, 6) is 0. The number of likely N-dealkylation sites (tertiary alicyclic amines) is 2. The number of nitrogens with zero attached hydrogens (tertiary/aromatic N) is 2. The first kappa shape index (κ1) is 15.0. The van der Waals surface area contributed by atoms with E-state index >= 15 is 0 Å². The van der Waals surface area contributed by atoms with Crippen LogP contribution < -0.4 is 5.32 Å². The standard InChI is InChI=1S/C18H29N3/c1-20-11-5-8-18(20)14-19-17-9-12-21(13-10-17)15-16-6-3-2-4-7-16/h2-4,6-7,17-19H,5,8-15H2,1H3. The second-order valence-corrected chi connectivity index (χ2v) is 6.72. The van der Waals surface area contributed by atoms with E-state index in [4.69, 9.17) is 0 Å². The van der Waals surface area contributed by atoms with Gasteiger partial charge < -0.3 is 10.2 Å². The number of likely N-dealkylation sites (N-methyl/N-ethyl adjacent to an activating group) is 1. The molecule has 1 N–H and O–H groups in total. The highest BCUT2D eigenvalue weighted by Gasteiger charge is 2.23. The van der Waals surface area contributed by atoms with E-state index in [9.17, 15) is 0 Å². The Labute approximate surface area is 129 Å². The van der Waals surface area contributed by atoms with Crippen molar-refractivity contribution < 1.29 is 0 Å². The van der Waals surface area contributed by atoms with Crippen LogP contribution in [0.5, 0.6) is 0 Å². The SMILES string of the molecule is CN1CCCC1CNC1CCN(Cc2ccccc2)CC1. The average molecular weight is 287 g/mol. The Bertz CT molecular complexity index is 412. The molecule has 0 amide bonds. The molecule has 2 aliphatic rings. The summed E-state index contributed by atoms with van der Waals surface area (Å²) < 4.78 is 0. The normalized spacial score (nSPS) is 25.5. The van der Waals surface area contributed by atoms with Crippen molar-refractivity contribution in [1.82, 2.24) is 15.1 Å². The highest BCUT2D eigenvalue weighted by Crippen LogP contribution is 2.16. The van der Waals surface area contributed by atoms with Gasteiger partial charge in [0.15, 0.2) is 0 Å². The average Bonchev–Trinajstić information content (AvgIpc) is 2.93. The molecule has 1 aromatic rings. The summed E-state index contributed by atoms with van der Waals surface area (Å²) in [7, 11) is 2.27. The van der Waals surface area contributed by atoms with Crippen LogP contribution in [0.4, 0.5) is 0 Å². The zero-order chi connectivity index (χ0) is 14.5. The number of hydrogen-bond acceptors (Lipinski definition) is 3. The summed E-state index contributed by atoms with van der Waals surface area (Å²) in [5, 5.41) is 3.81. The van der Waals surface area contributed by atoms with Crippen LogP contribution in [0.1, 0.15) is 31.2 Å². The van der Waals surface area contributed by atoms with Gasteiger partial charge in [0.25, 0.3) is 0 Å². The highest BCUT2D eigenvalue weighted by atomic mass is 15.2. The molecule has 0 bridgehead atoms. The van der Waals surface area contributed by atoms with Gasteiger partial charge in [-0.1, -0.05) is 30.3 Å². The van der Waals surface area contributed by atoms with Crippen LogP contribution in [-0.2, 0) is 6.54 Å². The number of rotatable bonds is 5. The highest BCUT2D eigenvalue weighted by molar-refractivity contribution is 5.14. The van der Waals surface area contributed by atoms with E-state index in [0.29, 0.717) is 0 Å². The predicted octanol–water partition coefficient (Wildman–Crippen LogP) is 2.33. The zero-order valence-corrected chi connectivity index (χ0v) is 13.3. The van der Waals surface area contributed by atoms with Crippen molar-refractivity contribution in [2.24, 2.45) is 0 Å². The molecule has 2 fully saturated rings. The van der Waals surface area contributed by atoms with Gasteiger partial charge in [0.1, 0.15) is 0 Å². The summed E-state index contributed by atoms with van der Waals surface area (Å²) >= 11 is 0. The zero-order valence-electron chi connectivity index (χ0n) is 13.3. The van der Waals surface area contributed by atoms with E-state index in [1.54, 1.807) is 0 Å². The lowest BCUT2D eigenvalue weighted by Gasteiger charge is -2.33. The second kappa shape index (κ2) is 7.39. The Hall–Kier alpha value is -0.900. The Kier molecular flexibility index (Phi) is 5.28. The van der Waals surface area contributed by atoms with Crippen molar-refractivity contribution in [3.8, 4) is 0 Å². The Morgan fingerprint density at radius 1 is 1.05 bits per heavy atom. The first-order chi connectivity index (χ1) is 10.3. The molecule has 1 atom stereocenters. The van der Waals surface area contributed by atoms with Crippen LogP contribution in [0.15, 0.2) is 30.3 Å². The van der Waals surface area contributed by atoms with Gasteiger partial charge >= 0.3 is 0 Å². The quantitative estimate of drug-likeness (QED) is 0.897. The van der Waals surface area contributed by atoms with E-state index in [-0.39, 0.29) is 0 Å². The molecular weight excluding hydrogens is 258 g/mol. The molecule has 1 aromatic carbocycles. The van der Waals surface area contributed by atoms with Gasteiger partial charge in [-0.2, -0.15) is 0 Å². The molecule has 3 heteroatoms. The summed E-state index contributed by atoms with van der Waals surface area (Å²) in [5.41, 5.74) is 1.44. The maximum atomic E-state index is 3.81. The molecule has 3 rings (SSSR count). The van der Waals surface area contributed by atoms with Crippen molar-refractivity contribution in [3.05, 3.63) is 35.9 Å². The van der Waals surface area contributed by atoms with Crippen molar-refractivity contribution in [3.63, 3.8) is 0 Å². The molecule has 0 aliphatic carbocycles. The summed E-state index contributed by atoms with van der Waals surface area (Å²) in [6.45, 7) is 6.03. The third kappa shape index (κ3) is 4.29. The van der Waals surface area contributed by atoms with Crippen LogP contribution >= 0.6 is 0 Å². The molecule has 0 spiro atoms. The van der Waals surface area contributed by atoms with Crippen LogP contribution in [0, 0.1) is 0 Å². The lowest BCUT2D eigenvalue weighted by Crippen LogP contribution is -2.46. The molecule has 2 aliphatic heterocycles. The molecule has 3 nitrogen and oxygen atoms in total. The number of piperidine rings is 1. The Morgan fingerprint density at radius 2 is 1.81 bits per heavy atom. The van der Waals surface area contributed by atoms with Gasteiger partial charge in [-0.05, 0) is 57.9 Å². The smallest absolute Gasteiger partial charge is 0.0233 e. The fourth-order valence-corrected chi connectivity index (χ4v) is 3.68. The molecule has 21 heavy (non-hydrogen) atoms.